The summed E-state index contributed by atoms with van der Waals surface area (Å²) in [6, 6.07) is 8.80. The third kappa shape index (κ3) is 3.46. The van der Waals surface area contributed by atoms with Gasteiger partial charge in [-0.05, 0) is 24.6 Å². The first-order valence-corrected chi connectivity index (χ1v) is 10.8. The standard InChI is InChI=1S/C23H24N2O5S/c1-5-6-10-25-21(13-11-16(28-2)19(30-4)17(12-13)29-3)24-22-18(23(25)27)14-8-7-9-15(26)20(14)31-22/h7-9,11-12,26H,5-6,10H2,1-4H3. The SMILES string of the molecule is CCCCn1c(-c2cc(OC)c(OC)c(OC)c2)nc2sc3c(O)cccc3c2c1=O. The molecule has 0 radical (unpaired) electrons. The van der Waals surface area contributed by atoms with Gasteiger partial charge in [-0.1, -0.05) is 25.5 Å². The molecule has 0 saturated carbocycles. The summed E-state index contributed by atoms with van der Waals surface area (Å²) in [5.41, 5.74) is 0.560. The minimum atomic E-state index is -0.126. The van der Waals surface area contributed by atoms with E-state index in [1.54, 1.807) is 50.2 Å². The van der Waals surface area contributed by atoms with E-state index in [0.717, 1.165) is 18.2 Å². The molecule has 0 spiro atoms. The van der Waals surface area contributed by atoms with E-state index in [4.69, 9.17) is 19.2 Å². The topological polar surface area (TPSA) is 82.8 Å². The lowest BCUT2D eigenvalue weighted by molar-refractivity contribution is 0.324. The number of hydrogen-bond donors (Lipinski definition) is 1. The van der Waals surface area contributed by atoms with Crippen LogP contribution in [0.25, 0.3) is 31.7 Å². The predicted octanol–water partition coefficient (Wildman–Crippen LogP) is 4.81. The van der Waals surface area contributed by atoms with E-state index in [1.165, 1.54) is 11.3 Å². The van der Waals surface area contributed by atoms with Gasteiger partial charge in [-0.15, -0.1) is 11.3 Å². The van der Waals surface area contributed by atoms with Crippen molar-refractivity contribution < 1.29 is 19.3 Å². The highest BCUT2D eigenvalue weighted by molar-refractivity contribution is 7.25. The molecule has 2 aromatic heterocycles. The summed E-state index contributed by atoms with van der Waals surface area (Å²) in [4.78, 5) is 19.1. The number of hydrogen-bond acceptors (Lipinski definition) is 7. The lowest BCUT2D eigenvalue weighted by Gasteiger charge is -2.16. The minimum Gasteiger partial charge on any atom is -0.506 e. The van der Waals surface area contributed by atoms with Gasteiger partial charge in [0, 0.05) is 17.5 Å². The number of thiophene rings is 1. The van der Waals surface area contributed by atoms with Gasteiger partial charge in [0.15, 0.2) is 11.5 Å². The summed E-state index contributed by atoms with van der Waals surface area (Å²) in [5, 5.41) is 11.5. The lowest BCUT2D eigenvalue weighted by Crippen LogP contribution is -2.23. The van der Waals surface area contributed by atoms with Crippen molar-refractivity contribution in [3.05, 3.63) is 40.7 Å². The van der Waals surface area contributed by atoms with Gasteiger partial charge in [-0.2, -0.15) is 0 Å². The van der Waals surface area contributed by atoms with Crippen LogP contribution in [-0.2, 0) is 6.54 Å². The van der Waals surface area contributed by atoms with E-state index in [-0.39, 0.29) is 11.3 Å². The summed E-state index contributed by atoms with van der Waals surface area (Å²) < 4.78 is 18.8. The average molecular weight is 441 g/mol. The number of rotatable bonds is 7. The van der Waals surface area contributed by atoms with Crippen LogP contribution in [0.15, 0.2) is 35.1 Å². The number of phenolic OH excluding ortho intramolecular Hbond substituents is 1. The zero-order valence-electron chi connectivity index (χ0n) is 17.9. The first kappa shape index (κ1) is 21.0. The van der Waals surface area contributed by atoms with E-state index >= 15 is 0 Å². The van der Waals surface area contributed by atoms with Crippen LogP contribution in [0.5, 0.6) is 23.0 Å². The molecule has 0 atom stereocenters. The molecule has 1 N–H and O–H groups in total. The Hall–Kier alpha value is -3.26. The molecular formula is C23H24N2O5S. The molecule has 4 rings (SSSR count). The van der Waals surface area contributed by atoms with Gasteiger partial charge >= 0.3 is 0 Å². The number of methoxy groups -OCH3 is 3. The van der Waals surface area contributed by atoms with E-state index in [2.05, 4.69) is 6.92 Å². The Morgan fingerprint density at radius 2 is 1.81 bits per heavy atom. The number of unbranched alkanes of at least 4 members (excludes halogenated alkanes) is 1. The number of phenols is 1. The highest BCUT2D eigenvalue weighted by atomic mass is 32.1. The summed E-state index contributed by atoms with van der Waals surface area (Å²) in [6.45, 7) is 2.61. The molecule has 2 heterocycles. The van der Waals surface area contributed by atoms with E-state index in [9.17, 15) is 9.90 Å². The van der Waals surface area contributed by atoms with Gasteiger partial charge in [0.05, 0.1) is 31.4 Å². The molecule has 7 nitrogen and oxygen atoms in total. The molecule has 162 valence electrons. The Balaban J connectivity index is 2.07. The normalized spacial score (nSPS) is 11.2. The molecule has 0 aliphatic heterocycles. The van der Waals surface area contributed by atoms with Crippen molar-refractivity contribution >= 4 is 31.6 Å². The third-order valence-corrected chi connectivity index (χ3v) is 6.38. The van der Waals surface area contributed by atoms with Crippen molar-refractivity contribution in [1.82, 2.24) is 9.55 Å². The molecular weight excluding hydrogens is 416 g/mol. The largest absolute Gasteiger partial charge is 0.506 e. The second-order valence-corrected chi connectivity index (χ2v) is 8.09. The maximum Gasteiger partial charge on any atom is 0.263 e. The smallest absolute Gasteiger partial charge is 0.263 e. The van der Waals surface area contributed by atoms with Crippen LogP contribution < -0.4 is 19.8 Å². The van der Waals surface area contributed by atoms with Crippen LogP contribution in [0.3, 0.4) is 0 Å². The highest BCUT2D eigenvalue weighted by Crippen LogP contribution is 2.42. The van der Waals surface area contributed by atoms with Crippen molar-refractivity contribution in [2.45, 2.75) is 26.3 Å². The van der Waals surface area contributed by atoms with Crippen LogP contribution >= 0.6 is 11.3 Å². The Kier molecular flexibility index (Phi) is 5.73. The van der Waals surface area contributed by atoms with Gasteiger partial charge in [0.2, 0.25) is 5.75 Å². The Morgan fingerprint density at radius 1 is 1.10 bits per heavy atom. The molecule has 0 aliphatic carbocycles. The first-order valence-electron chi connectivity index (χ1n) is 9.99. The minimum absolute atomic E-state index is 0.126. The summed E-state index contributed by atoms with van der Waals surface area (Å²) in [7, 11) is 4.65. The van der Waals surface area contributed by atoms with Crippen LogP contribution in [0, 0.1) is 0 Å². The van der Waals surface area contributed by atoms with E-state index in [0.29, 0.717) is 50.1 Å². The molecule has 0 saturated heterocycles. The second-order valence-electron chi connectivity index (χ2n) is 7.10. The van der Waals surface area contributed by atoms with E-state index in [1.807, 2.05) is 6.07 Å². The Labute approximate surface area is 183 Å². The van der Waals surface area contributed by atoms with Gasteiger partial charge in [0.25, 0.3) is 5.56 Å². The number of nitrogens with zero attached hydrogens (tertiary/aromatic N) is 2. The molecule has 0 bridgehead atoms. The number of fused-ring (bicyclic) bond motifs is 3. The van der Waals surface area contributed by atoms with Crippen LogP contribution in [0.4, 0.5) is 0 Å². The van der Waals surface area contributed by atoms with Gasteiger partial charge < -0.3 is 19.3 Å². The molecule has 0 amide bonds. The monoisotopic (exact) mass is 440 g/mol. The second kappa shape index (κ2) is 8.47. The van der Waals surface area contributed by atoms with Gasteiger partial charge in [0.1, 0.15) is 16.4 Å². The highest BCUT2D eigenvalue weighted by Gasteiger charge is 2.21. The lowest BCUT2D eigenvalue weighted by atomic mass is 10.1. The van der Waals surface area contributed by atoms with Crippen molar-refractivity contribution in [1.29, 1.82) is 0 Å². The van der Waals surface area contributed by atoms with Crippen LogP contribution in [-0.4, -0.2) is 36.0 Å². The Morgan fingerprint density at radius 3 is 2.42 bits per heavy atom. The molecule has 2 aromatic carbocycles. The number of benzene rings is 2. The molecule has 31 heavy (non-hydrogen) atoms. The summed E-state index contributed by atoms with van der Waals surface area (Å²) in [5.74, 6) is 2.12. The quantitative estimate of drug-likeness (QED) is 0.444. The Bertz CT molecular complexity index is 1300. The fourth-order valence-corrected chi connectivity index (χ4v) is 4.80. The zero-order valence-corrected chi connectivity index (χ0v) is 18.7. The van der Waals surface area contributed by atoms with Crippen LogP contribution in [0.1, 0.15) is 19.8 Å². The summed E-state index contributed by atoms with van der Waals surface area (Å²) in [6.07, 6.45) is 1.77. The van der Waals surface area contributed by atoms with Crippen molar-refractivity contribution in [3.63, 3.8) is 0 Å². The third-order valence-electron chi connectivity index (χ3n) is 5.26. The molecule has 0 unspecified atom stereocenters. The zero-order chi connectivity index (χ0) is 22.1. The predicted molar refractivity (Wildman–Crippen MR) is 123 cm³/mol. The maximum absolute atomic E-state index is 13.6. The first-order chi connectivity index (χ1) is 15.0. The summed E-state index contributed by atoms with van der Waals surface area (Å²) >= 11 is 1.31. The average Bonchev–Trinajstić information content (AvgIpc) is 3.17. The number of aromatic nitrogens is 2. The molecule has 8 heteroatoms. The fourth-order valence-electron chi connectivity index (χ4n) is 3.72. The number of aromatic hydroxyl groups is 1. The fraction of sp³-hybridized carbons (Fsp3) is 0.304. The maximum atomic E-state index is 13.6. The van der Waals surface area contributed by atoms with Crippen LogP contribution in [0.2, 0.25) is 0 Å². The molecule has 0 aliphatic rings. The molecule has 0 fully saturated rings. The number of ether oxygens (including phenoxy) is 3. The van der Waals surface area contributed by atoms with Crippen molar-refractivity contribution in [2.24, 2.45) is 0 Å². The van der Waals surface area contributed by atoms with Gasteiger partial charge in [-0.3, -0.25) is 9.36 Å². The van der Waals surface area contributed by atoms with Gasteiger partial charge in [-0.25, -0.2) is 4.98 Å². The van der Waals surface area contributed by atoms with Crippen molar-refractivity contribution in [3.8, 4) is 34.4 Å². The molecule has 4 aromatic rings. The van der Waals surface area contributed by atoms with Crippen molar-refractivity contribution in [2.75, 3.05) is 21.3 Å². The van der Waals surface area contributed by atoms with E-state index < -0.39 is 0 Å².